The number of benzene rings is 1. The van der Waals surface area contributed by atoms with Crippen molar-refractivity contribution in [1.29, 1.82) is 0 Å². The predicted octanol–water partition coefficient (Wildman–Crippen LogP) is 6.13. The van der Waals surface area contributed by atoms with Crippen LogP contribution >= 0.6 is 11.3 Å². The van der Waals surface area contributed by atoms with Gasteiger partial charge in [0, 0.05) is 22.0 Å². The first-order valence-corrected chi connectivity index (χ1v) is 10.8. The maximum atomic E-state index is 13.5. The second-order valence-electron chi connectivity index (χ2n) is 7.39. The zero-order valence-electron chi connectivity index (χ0n) is 17.2. The Hall–Kier alpha value is -3.07. The summed E-state index contributed by atoms with van der Waals surface area (Å²) in [5.41, 5.74) is 1.21. The molecule has 0 saturated carbocycles. The maximum Gasteiger partial charge on any atom is 0.426 e. The third-order valence-electron chi connectivity index (χ3n) is 4.78. The number of aliphatic carboxylic acids is 1. The van der Waals surface area contributed by atoms with Crippen LogP contribution in [0, 0.1) is 5.92 Å². The van der Waals surface area contributed by atoms with E-state index in [-0.39, 0.29) is 18.6 Å². The molecule has 9 heteroatoms. The number of carbonyl (C=O) groups is 2. The van der Waals surface area contributed by atoms with Crippen LogP contribution in [0.15, 0.2) is 48.6 Å². The molecule has 1 aromatic heterocycles. The topological polar surface area (TPSA) is 75.6 Å². The first-order chi connectivity index (χ1) is 15.1. The number of amides is 1. The average Bonchev–Trinajstić information content (AvgIpc) is 3.18. The molecule has 0 bridgehead atoms. The van der Waals surface area contributed by atoms with E-state index in [4.69, 9.17) is 9.84 Å². The summed E-state index contributed by atoms with van der Waals surface area (Å²) < 4.78 is 46.2. The summed E-state index contributed by atoms with van der Waals surface area (Å²) in [7, 11) is 0. The van der Waals surface area contributed by atoms with E-state index in [1.54, 1.807) is 30.3 Å². The monoisotopic (exact) mass is 465 g/mol. The lowest BCUT2D eigenvalue weighted by Crippen LogP contribution is -2.22. The minimum Gasteiger partial charge on any atom is -0.488 e. The molecule has 0 fully saturated rings. The number of carbonyl (C=O) groups excluding carboxylic acids is 1. The van der Waals surface area contributed by atoms with Crippen LogP contribution in [-0.4, -0.2) is 17.0 Å². The average molecular weight is 465 g/mol. The highest BCUT2D eigenvalue weighted by Gasteiger charge is 2.36. The Bertz CT molecular complexity index is 1040. The smallest absolute Gasteiger partial charge is 0.426 e. The number of ether oxygens (including phenoxy) is 1. The van der Waals surface area contributed by atoms with E-state index < -0.39 is 28.8 Å². The molecule has 0 spiro atoms. The van der Waals surface area contributed by atoms with Gasteiger partial charge in [0.1, 0.15) is 17.2 Å². The minimum absolute atomic E-state index is 0.0217. The Morgan fingerprint density at radius 3 is 2.53 bits per heavy atom. The van der Waals surface area contributed by atoms with Crippen molar-refractivity contribution in [1.82, 2.24) is 0 Å². The summed E-state index contributed by atoms with van der Waals surface area (Å²) >= 11 is 0.669. The van der Waals surface area contributed by atoms with E-state index in [9.17, 15) is 22.8 Å². The lowest BCUT2D eigenvalue weighted by atomic mass is 9.99. The second-order valence-corrected chi connectivity index (χ2v) is 8.53. The van der Waals surface area contributed by atoms with Gasteiger partial charge < -0.3 is 15.2 Å². The fourth-order valence-corrected chi connectivity index (χ4v) is 4.12. The van der Waals surface area contributed by atoms with Gasteiger partial charge in [0.05, 0.1) is 6.42 Å². The zero-order valence-corrected chi connectivity index (χ0v) is 18.1. The molecule has 0 aliphatic heterocycles. The molecular weight excluding hydrogens is 443 g/mol. The van der Waals surface area contributed by atoms with Crippen LogP contribution in [0.2, 0.25) is 0 Å². The molecule has 0 radical (unpaired) electrons. The molecule has 2 N–H and O–H groups in total. The van der Waals surface area contributed by atoms with Gasteiger partial charge in [-0.15, -0.1) is 11.3 Å². The van der Waals surface area contributed by atoms with E-state index in [1.807, 2.05) is 12.2 Å². The van der Waals surface area contributed by atoms with Crippen LogP contribution in [0.4, 0.5) is 18.9 Å². The summed E-state index contributed by atoms with van der Waals surface area (Å²) in [5.74, 6) is -1.73. The molecule has 1 aliphatic carbocycles. The van der Waals surface area contributed by atoms with Crippen molar-refractivity contribution in [2.24, 2.45) is 5.92 Å². The maximum absolute atomic E-state index is 13.5. The number of nitrogens with one attached hydrogen (secondary N) is 1. The fourth-order valence-electron chi connectivity index (χ4n) is 3.16. The number of rotatable bonds is 8. The molecule has 2 aromatic rings. The molecular formula is C23H22F3NO4S. The summed E-state index contributed by atoms with van der Waals surface area (Å²) in [6.45, 7) is 1.50. The molecule has 3 rings (SSSR count). The summed E-state index contributed by atoms with van der Waals surface area (Å²) in [4.78, 5) is 22.5. The number of alkyl halides is 3. The number of allylic oxidation sites excluding steroid dienone is 4. The van der Waals surface area contributed by atoms with Gasteiger partial charge in [0.15, 0.2) is 0 Å². The number of thiophene rings is 1. The van der Waals surface area contributed by atoms with Crippen molar-refractivity contribution < 1.29 is 32.6 Å². The molecule has 1 aliphatic rings. The van der Waals surface area contributed by atoms with E-state index in [1.165, 1.54) is 13.0 Å². The number of halogens is 3. The van der Waals surface area contributed by atoms with Crippen LogP contribution in [0.5, 0.6) is 5.75 Å². The Morgan fingerprint density at radius 1 is 1.22 bits per heavy atom. The SMILES string of the molecule is C[C@H](CC(=O)O)C(=O)Nc1ccc(OCc2cc(C3=CCCC=C3)c(C(F)(F)F)s2)cc1. The Kier molecular flexibility index (Phi) is 7.40. The van der Waals surface area contributed by atoms with Gasteiger partial charge in [-0.05, 0) is 48.7 Å². The molecule has 1 aromatic carbocycles. The molecule has 1 amide bonds. The van der Waals surface area contributed by atoms with Gasteiger partial charge in [-0.1, -0.05) is 25.2 Å². The Balaban J connectivity index is 1.65. The quantitative estimate of drug-likeness (QED) is 0.492. The highest BCUT2D eigenvalue weighted by molar-refractivity contribution is 7.12. The van der Waals surface area contributed by atoms with Crippen LogP contribution in [0.25, 0.3) is 5.57 Å². The number of hydrogen-bond acceptors (Lipinski definition) is 4. The largest absolute Gasteiger partial charge is 0.488 e. The van der Waals surface area contributed by atoms with Crippen molar-refractivity contribution in [2.45, 2.75) is 39.0 Å². The minimum atomic E-state index is -4.44. The summed E-state index contributed by atoms with van der Waals surface area (Å²) in [6.07, 6.45) is 2.21. The number of carboxylic acid groups (broad SMARTS) is 1. The van der Waals surface area contributed by atoms with Gasteiger partial charge in [0.25, 0.3) is 0 Å². The van der Waals surface area contributed by atoms with E-state index >= 15 is 0 Å². The molecule has 1 heterocycles. The third kappa shape index (κ3) is 6.23. The van der Waals surface area contributed by atoms with E-state index in [0.717, 1.165) is 6.42 Å². The van der Waals surface area contributed by atoms with Gasteiger partial charge in [0.2, 0.25) is 5.91 Å². The van der Waals surface area contributed by atoms with Gasteiger partial charge in [-0.2, -0.15) is 13.2 Å². The Morgan fingerprint density at radius 2 is 1.94 bits per heavy atom. The van der Waals surface area contributed by atoms with Gasteiger partial charge in [-0.3, -0.25) is 9.59 Å². The summed E-state index contributed by atoms with van der Waals surface area (Å²) in [6, 6.07) is 7.86. The number of carboxylic acids is 1. The second kappa shape index (κ2) is 10.0. The van der Waals surface area contributed by atoms with Crippen LogP contribution in [-0.2, 0) is 22.4 Å². The normalized spacial score (nSPS) is 14.6. The van der Waals surface area contributed by atoms with Crippen molar-refractivity contribution in [3.63, 3.8) is 0 Å². The number of hydrogen-bond donors (Lipinski definition) is 2. The highest BCUT2D eigenvalue weighted by Crippen LogP contribution is 2.42. The summed E-state index contributed by atoms with van der Waals surface area (Å²) in [5, 5.41) is 11.4. The van der Waals surface area contributed by atoms with E-state index in [0.29, 0.717) is 39.6 Å². The van der Waals surface area contributed by atoms with Crippen LogP contribution < -0.4 is 10.1 Å². The third-order valence-corrected chi connectivity index (χ3v) is 5.93. The Labute approximate surface area is 187 Å². The van der Waals surface area contributed by atoms with Crippen molar-refractivity contribution in [3.8, 4) is 5.75 Å². The van der Waals surface area contributed by atoms with Crippen molar-refractivity contribution in [3.05, 3.63) is 63.9 Å². The lowest BCUT2D eigenvalue weighted by molar-refractivity contribution is -0.140. The standard InChI is InChI=1S/C23H22F3NO4S/c1-14(11-20(28)29)22(30)27-16-7-9-17(10-8-16)31-13-18-12-19(15-5-3-2-4-6-15)21(32-18)23(24,25)26/h3,5-10,12,14H,2,4,11,13H2,1H3,(H,27,30)(H,28,29)/t14-/m1/s1. The first kappa shape index (κ1) is 23.6. The zero-order chi connectivity index (χ0) is 23.3. The molecule has 32 heavy (non-hydrogen) atoms. The van der Waals surface area contributed by atoms with Crippen LogP contribution in [0.1, 0.15) is 41.5 Å². The predicted molar refractivity (Wildman–Crippen MR) is 116 cm³/mol. The molecule has 170 valence electrons. The van der Waals surface area contributed by atoms with E-state index in [2.05, 4.69) is 5.32 Å². The highest BCUT2D eigenvalue weighted by atomic mass is 32.1. The van der Waals surface area contributed by atoms with Crippen molar-refractivity contribution >= 4 is 34.5 Å². The van der Waals surface area contributed by atoms with Crippen molar-refractivity contribution in [2.75, 3.05) is 5.32 Å². The van der Waals surface area contributed by atoms with Gasteiger partial charge >= 0.3 is 12.1 Å². The van der Waals surface area contributed by atoms with Gasteiger partial charge in [-0.25, -0.2) is 0 Å². The van der Waals surface area contributed by atoms with Crippen LogP contribution in [0.3, 0.4) is 0 Å². The fraction of sp³-hybridized carbons (Fsp3) is 0.304. The molecule has 0 unspecified atom stereocenters. The molecule has 0 saturated heterocycles. The molecule has 1 atom stereocenters. The lowest BCUT2D eigenvalue weighted by Gasteiger charge is -2.11. The first-order valence-electron chi connectivity index (χ1n) is 9.96. The number of anilines is 1. The molecule has 5 nitrogen and oxygen atoms in total.